The lowest BCUT2D eigenvalue weighted by Crippen LogP contribution is -2.34. The third-order valence-corrected chi connectivity index (χ3v) is 6.46. The lowest BCUT2D eigenvalue weighted by atomic mass is 10.1. The Hall–Kier alpha value is -4.67. The van der Waals surface area contributed by atoms with Crippen molar-refractivity contribution in [3.05, 3.63) is 71.4 Å². The number of rotatable bonds is 10. The lowest BCUT2D eigenvalue weighted by molar-refractivity contribution is -0.137. The van der Waals surface area contributed by atoms with E-state index in [4.69, 9.17) is 4.74 Å². The van der Waals surface area contributed by atoms with Gasteiger partial charge in [0.05, 0.1) is 12.7 Å². The molecule has 0 fully saturated rings. The van der Waals surface area contributed by atoms with E-state index in [-0.39, 0.29) is 18.1 Å². The van der Waals surface area contributed by atoms with Crippen LogP contribution in [0.5, 0.6) is 5.75 Å². The molecule has 39 heavy (non-hydrogen) atoms. The molecule has 0 radical (unpaired) electrons. The Balaban J connectivity index is 1.62. The highest BCUT2D eigenvalue weighted by atomic mass is 16.6. The minimum absolute atomic E-state index is 0.120. The fourth-order valence-electron chi connectivity index (χ4n) is 4.26. The number of hydrogen-bond acceptors (Lipinski definition) is 8. The third-order valence-electron chi connectivity index (χ3n) is 6.46. The summed E-state index contributed by atoms with van der Waals surface area (Å²) in [5.74, 6) is -0.222. The Morgan fingerprint density at radius 1 is 1.10 bits per heavy atom. The molecule has 3 aromatic rings. The number of hydrogen-bond donors (Lipinski definition) is 2. The van der Waals surface area contributed by atoms with Crippen molar-refractivity contribution in [2.24, 2.45) is 0 Å². The zero-order chi connectivity index (χ0) is 28.1. The van der Waals surface area contributed by atoms with Gasteiger partial charge in [0.2, 0.25) is 5.95 Å². The maximum Gasteiger partial charge on any atom is 0.414 e. The highest BCUT2D eigenvalue weighted by Gasteiger charge is 2.32. The summed E-state index contributed by atoms with van der Waals surface area (Å²) in [5, 5.41) is 13.1. The largest absolute Gasteiger partial charge is 0.480 e. The quantitative estimate of drug-likeness (QED) is 0.402. The van der Waals surface area contributed by atoms with E-state index < -0.39 is 18.1 Å². The van der Waals surface area contributed by atoms with Crippen molar-refractivity contribution >= 4 is 35.4 Å². The molecule has 0 bridgehead atoms. The molecule has 0 saturated heterocycles. The molecule has 11 heteroatoms. The molecule has 1 aromatic heterocycles. The van der Waals surface area contributed by atoms with Crippen molar-refractivity contribution in [3.8, 4) is 5.75 Å². The molecule has 0 aliphatic carbocycles. The first-order chi connectivity index (χ1) is 18.7. The van der Waals surface area contributed by atoms with Gasteiger partial charge >= 0.3 is 12.1 Å². The fourth-order valence-corrected chi connectivity index (χ4v) is 4.26. The molecule has 2 N–H and O–H groups in total. The molecule has 2 heterocycles. The number of carbonyl (C=O) groups is 3. The van der Waals surface area contributed by atoms with E-state index >= 15 is 0 Å². The molecule has 1 aliphatic heterocycles. The van der Waals surface area contributed by atoms with Crippen LogP contribution in [0.25, 0.3) is 0 Å². The van der Waals surface area contributed by atoms with Crippen LogP contribution in [-0.4, -0.2) is 71.2 Å². The number of ether oxygens (including phenoxy) is 1. The van der Waals surface area contributed by atoms with E-state index in [1.165, 1.54) is 4.90 Å². The van der Waals surface area contributed by atoms with Gasteiger partial charge in [0.1, 0.15) is 17.5 Å². The normalized spacial score (nSPS) is 13.0. The van der Waals surface area contributed by atoms with Gasteiger partial charge in [-0.05, 0) is 43.2 Å². The Labute approximate surface area is 227 Å². The summed E-state index contributed by atoms with van der Waals surface area (Å²) in [4.78, 5) is 51.3. The van der Waals surface area contributed by atoms with Gasteiger partial charge in [-0.15, -0.1) is 0 Å². The highest BCUT2D eigenvalue weighted by molar-refractivity contribution is 6.11. The first-order valence-corrected chi connectivity index (χ1v) is 12.7. The molecule has 2 amide bonds. The van der Waals surface area contributed by atoms with Crippen LogP contribution < -0.4 is 19.9 Å². The van der Waals surface area contributed by atoms with Crippen LogP contribution in [0.3, 0.4) is 0 Å². The second-order valence-electron chi connectivity index (χ2n) is 9.27. The first-order valence-electron chi connectivity index (χ1n) is 12.7. The zero-order valence-electron chi connectivity index (χ0n) is 22.4. The summed E-state index contributed by atoms with van der Waals surface area (Å²) < 4.78 is 5.24. The number of nitrogens with zero attached hydrogens (tertiary/aromatic N) is 5. The third kappa shape index (κ3) is 6.08. The second kappa shape index (κ2) is 11.8. The molecule has 0 saturated carbocycles. The molecule has 2 aromatic carbocycles. The molecule has 11 nitrogen and oxygen atoms in total. The standard InChI is InChI=1S/C28H32N6O5/c1-5-33(6-2)27-29-16-23(34-17-19-9-7-8-10-21(19)25(34)35)24(31-27)30-22(26(36)37)15-18-11-13-20(14-12-18)39-28(38)32(3)4/h7-14,16,22H,5-6,15,17H2,1-4H3,(H,36,37)(H,29,30,31)/t22-/m0/s1. The van der Waals surface area contributed by atoms with E-state index in [2.05, 4.69) is 15.3 Å². The predicted octanol–water partition coefficient (Wildman–Crippen LogP) is 3.65. The van der Waals surface area contributed by atoms with Crippen molar-refractivity contribution in [3.63, 3.8) is 0 Å². The maximum atomic E-state index is 13.2. The molecule has 0 spiro atoms. The van der Waals surface area contributed by atoms with Crippen molar-refractivity contribution < 1.29 is 24.2 Å². The number of carboxylic acid groups (broad SMARTS) is 1. The van der Waals surface area contributed by atoms with Gasteiger partial charge in [0.25, 0.3) is 5.91 Å². The number of anilines is 3. The van der Waals surface area contributed by atoms with Crippen molar-refractivity contribution in [1.29, 1.82) is 0 Å². The summed E-state index contributed by atoms with van der Waals surface area (Å²) in [5.41, 5.74) is 2.60. The molecule has 1 atom stereocenters. The summed E-state index contributed by atoms with van der Waals surface area (Å²) in [6.45, 7) is 5.62. The van der Waals surface area contributed by atoms with E-state index in [0.29, 0.717) is 48.1 Å². The zero-order valence-corrected chi connectivity index (χ0v) is 22.4. The Morgan fingerprint density at radius 2 is 1.79 bits per heavy atom. The van der Waals surface area contributed by atoms with Gasteiger partial charge in [-0.2, -0.15) is 4.98 Å². The van der Waals surface area contributed by atoms with Gasteiger partial charge in [-0.1, -0.05) is 30.3 Å². The van der Waals surface area contributed by atoms with Crippen molar-refractivity contribution in [2.75, 3.05) is 42.3 Å². The van der Waals surface area contributed by atoms with E-state index in [1.54, 1.807) is 55.5 Å². The monoisotopic (exact) mass is 532 g/mol. The smallest absolute Gasteiger partial charge is 0.414 e. The Bertz CT molecular complexity index is 1360. The summed E-state index contributed by atoms with van der Waals surface area (Å²) in [7, 11) is 3.17. The number of aliphatic carboxylic acids is 1. The first kappa shape index (κ1) is 27.4. The highest BCUT2D eigenvalue weighted by Crippen LogP contribution is 2.33. The second-order valence-corrected chi connectivity index (χ2v) is 9.27. The van der Waals surface area contributed by atoms with Crippen LogP contribution >= 0.6 is 0 Å². The molecule has 1 aliphatic rings. The van der Waals surface area contributed by atoms with Crippen LogP contribution in [-0.2, 0) is 17.8 Å². The van der Waals surface area contributed by atoms with Crippen LogP contribution in [0.2, 0.25) is 0 Å². The number of amides is 2. The molecule has 0 unspecified atom stereocenters. The van der Waals surface area contributed by atoms with Gasteiger partial charge in [-0.3, -0.25) is 9.69 Å². The van der Waals surface area contributed by atoms with Crippen molar-refractivity contribution in [1.82, 2.24) is 14.9 Å². The van der Waals surface area contributed by atoms with Gasteiger partial charge in [0.15, 0.2) is 5.82 Å². The van der Waals surface area contributed by atoms with Crippen molar-refractivity contribution in [2.45, 2.75) is 32.9 Å². The summed E-state index contributed by atoms with van der Waals surface area (Å²) >= 11 is 0. The number of carboxylic acids is 1. The van der Waals surface area contributed by atoms with Crippen LogP contribution in [0.1, 0.15) is 35.3 Å². The molecular weight excluding hydrogens is 500 g/mol. The molecular formula is C28H32N6O5. The summed E-state index contributed by atoms with van der Waals surface area (Å²) in [6.07, 6.45) is 1.18. The maximum absolute atomic E-state index is 13.2. The van der Waals surface area contributed by atoms with Crippen LogP contribution in [0, 0.1) is 0 Å². The number of benzene rings is 2. The van der Waals surface area contributed by atoms with Crippen LogP contribution in [0.4, 0.5) is 22.2 Å². The van der Waals surface area contributed by atoms with Gasteiger partial charge in [0, 0.05) is 39.2 Å². The van der Waals surface area contributed by atoms with E-state index in [0.717, 1.165) is 5.56 Å². The average molecular weight is 533 g/mol. The number of carbonyl (C=O) groups excluding carboxylic acids is 2. The minimum atomic E-state index is -1.08. The summed E-state index contributed by atoms with van der Waals surface area (Å²) in [6, 6.07) is 12.9. The average Bonchev–Trinajstić information content (AvgIpc) is 3.26. The van der Waals surface area contributed by atoms with E-state index in [1.807, 2.05) is 36.9 Å². The number of fused-ring (bicyclic) bond motifs is 1. The Kier molecular flexibility index (Phi) is 8.28. The lowest BCUT2D eigenvalue weighted by Gasteiger charge is -2.25. The van der Waals surface area contributed by atoms with Gasteiger partial charge in [-0.25, -0.2) is 14.6 Å². The fraction of sp³-hybridized carbons (Fsp3) is 0.321. The number of nitrogens with one attached hydrogen (secondary N) is 1. The molecule has 204 valence electrons. The van der Waals surface area contributed by atoms with Gasteiger partial charge < -0.3 is 25.0 Å². The topological polar surface area (TPSA) is 128 Å². The number of aromatic nitrogens is 2. The molecule has 4 rings (SSSR count). The van der Waals surface area contributed by atoms with E-state index in [9.17, 15) is 19.5 Å². The Morgan fingerprint density at radius 3 is 2.41 bits per heavy atom. The predicted molar refractivity (Wildman–Crippen MR) is 147 cm³/mol. The van der Waals surface area contributed by atoms with Crippen LogP contribution in [0.15, 0.2) is 54.7 Å². The minimum Gasteiger partial charge on any atom is -0.480 e. The SMILES string of the molecule is CCN(CC)c1ncc(N2Cc3ccccc3C2=O)c(N[C@@H](Cc2ccc(OC(=O)N(C)C)cc2)C(=O)O)n1.